The van der Waals surface area contributed by atoms with Gasteiger partial charge >= 0.3 is 18.0 Å². The fourth-order valence-corrected chi connectivity index (χ4v) is 3.51. The molecule has 1 aromatic carbocycles. The molecule has 1 N–H and O–H groups in total. The van der Waals surface area contributed by atoms with Crippen LogP contribution in [-0.2, 0) is 25.5 Å². The normalized spacial score (nSPS) is 17.6. The van der Waals surface area contributed by atoms with Gasteiger partial charge in [-0.3, -0.25) is 19.7 Å². The Morgan fingerprint density at radius 3 is 2.10 bits per heavy atom. The van der Waals surface area contributed by atoms with Crippen LogP contribution in [-0.4, -0.2) is 50.3 Å². The lowest BCUT2D eigenvalue weighted by molar-refractivity contribution is -0.384. The zero-order valence-corrected chi connectivity index (χ0v) is 17.6. The van der Waals surface area contributed by atoms with Crippen LogP contribution >= 0.6 is 0 Å². The third-order valence-corrected chi connectivity index (χ3v) is 4.68. The number of cyclic esters (lactones) is 2. The molecule has 30 heavy (non-hydrogen) atoms. The Bertz CT molecular complexity index is 821. The van der Waals surface area contributed by atoms with Gasteiger partial charge in [-0.25, -0.2) is 4.79 Å². The Morgan fingerprint density at radius 1 is 1.20 bits per heavy atom. The van der Waals surface area contributed by atoms with E-state index in [9.17, 15) is 29.6 Å². The van der Waals surface area contributed by atoms with E-state index < -0.39 is 46.2 Å². The summed E-state index contributed by atoms with van der Waals surface area (Å²) < 4.78 is 10.3. The number of hydrogen-bond donors (Lipinski definition) is 1. The first-order valence-electron chi connectivity index (χ1n) is 9.42. The average molecular weight is 422 g/mol. The van der Waals surface area contributed by atoms with E-state index in [0.29, 0.717) is 5.56 Å². The lowest BCUT2D eigenvalue weighted by Crippen LogP contribution is -2.55. The van der Waals surface area contributed by atoms with Crippen LogP contribution < -0.4 is 0 Å². The fourth-order valence-electron chi connectivity index (χ4n) is 3.51. The SMILES string of the molecule is CC1(C)OC(=O)C(C[C@H](Cc2ccc([N+](=O)[O-])cc2)N(C(=O)O)C(C)(C)C)C(=O)O1. The van der Waals surface area contributed by atoms with E-state index >= 15 is 0 Å². The van der Waals surface area contributed by atoms with Gasteiger partial charge in [0.2, 0.25) is 0 Å². The van der Waals surface area contributed by atoms with Crippen LogP contribution in [0.2, 0.25) is 0 Å². The van der Waals surface area contributed by atoms with E-state index in [1.807, 2.05) is 0 Å². The van der Waals surface area contributed by atoms with Gasteiger partial charge in [0.15, 0.2) is 5.92 Å². The minimum Gasteiger partial charge on any atom is -0.465 e. The lowest BCUT2D eigenvalue weighted by Gasteiger charge is -2.41. The molecule has 1 aromatic rings. The summed E-state index contributed by atoms with van der Waals surface area (Å²) in [5.74, 6) is -4.20. The summed E-state index contributed by atoms with van der Waals surface area (Å²) in [6, 6.07) is 4.90. The number of carboxylic acid groups (broad SMARTS) is 1. The summed E-state index contributed by atoms with van der Waals surface area (Å²) in [4.78, 5) is 48.4. The number of hydrogen-bond acceptors (Lipinski definition) is 7. The van der Waals surface area contributed by atoms with Crippen molar-refractivity contribution in [3.05, 3.63) is 39.9 Å². The van der Waals surface area contributed by atoms with Crippen molar-refractivity contribution < 1.29 is 33.9 Å². The molecule has 0 radical (unpaired) electrons. The molecular weight excluding hydrogens is 396 g/mol. The van der Waals surface area contributed by atoms with E-state index in [-0.39, 0.29) is 18.5 Å². The number of ether oxygens (including phenoxy) is 2. The molecule has 10 nitrogen and oxygen atoms in total. The zero-order valence-electron chi connectivity index (χ0n) is 17.6. The van der Waals surface area contributed by atoms with Crippen LogP contribution in [0, 0.1) is 16.0 Å². The zero-order chi connectivity index (χ0) is 22.9. The maximum atomic E-state index is 12.4. The van der Waals surface area contributed by atoms with Crippen molar-refractivity contribution in [3.8, 4) is 0 Å². The van der Waals surface area contributed by atoms with Crippen LogP contribution in [0.25, 0.3) is 0 Å². The molecule has 0 unspecified atom stereocenters. The number of benzene rings is 1. The Morgan fingerprint density at radius 2 is 1.70 bits per heavy atom. The Labute approximate surface area is 173 Å². The van der Waals surface area contributed by atoms with Crippen molar-refractivity contribution in [1.29, 1.82) is 0 Å². The van der Waals surface area contributed by atoms with Crippen LogP contribution in [0.3, 0.4) is 0 Å². The topological polar surface area (TPSA) is 136 Å². The molecule has 0 spiro atoms. The van der Waals surface area contributed by atoms with Gasteiger partial charge in [0.1, 0.15) is 0 Å². The maximum Gasteiger partial charge on any atom is 0.407 e. The number of carbonyl (C=O) groups is 3. The highest BCUT2D eigenvalue weighted by atomic mass is 16.7. The van der Waals surface area contributed by atoms with Crippen molar-refractivity contribution in [3.63, 3.8) is 0 Å². The van der Waals surface area contributed by atoms with Gasteiger partial charge in [0.05, 0.1) is 4.92 Å². The van der Waals surface area contributed by atoms with E-state index in [1.54, 1.807) is 20.8 Å². The molecule has 1 aliphatic heterocycles. The second kappa shape index (κ2) is 8.29. The highest BCUT2D eigenvalue weighted by Gasteiger charge is 2.46. The van der Waals surface area contributed by atoms with Crippen LogP contribution in [0.15, 0.2) is 24.3 Å². The molecule has 1 amide bonds. The summed E-state index contributed by atoms with van der Waals surface area (Å²) in [5.41, 5.74) is -0.305. The van der Waals surface area contributed by atoms with Crippen molar-refractivity contribution in [2.75, 3.05) is 0 Å². The second-order valence-corrected chi connectivity index (χ2v) is 8.64. The molecule has 2 rings (SSSR count). The quantitative estimate of drug-likeness (QED) is 0.319. The van der Waals surface area contributed by atoms with Crippen LogP contribution in [0.4, 0.5) is 10.5 Å². The van der Waals surface area contributed by atoms with Gasteiger partial charge in [-0.05, 0) is 39.2 Å². The maximum absolute atomic E-state index is 12.4. The van der Waals surface area contributed by atoms with Crippen molar-refractivity contribution in [2.24, 2.45) is 5.92 Å². The highest BCUT2D eigenvalue weighted by molar-refractivity contribution is 5.96. The fraction of sp³-hybridized carbons (Fsp3) is 0.550. The minimum absolute atomic E-state index is 0.0946. The van der Waals surface area contributed by atoms with Gasteiger partial charge in [-0.1, -0.05) is 12.1 Å². The van der Waals surface area contributed by atoms with Crippen molar-refractivity contribution in [2.45, 2.75) is 64.8 Å². The number of non-ortho nitro benzene ring substituents is 1. The van der Waals surface area contributed by atoms with E-state index in [2.05, 4.69) is 0 Å². The Balaban J connectivity index is 2.36. The van der Waals surface area contributed by atoms with Gasteiger partial charge in [0.25, 0.3) is 11.5 Å². The predicted molar refractivity (Wildman–Crippen MR) is 105 cm³/mol. The first-order valence-corrected chi connectivity index (χ1v) is 9.42. The third kappa shape index (κ3) is 5.46. The van der Waals surface area contributed by atoms with E-state index in [1.165, 1.54) is 43.0 Å². The Kier molecular flexibility index (Phi) is 6.39. The van der Waals surface area contributed by atoms with Gasteiger partial charge in [0, 0.05) is 37.6 Å². The summed E-state index contributed by atoms with van der Waals surface area (Å²) in [6.07, 6.45) is -1.22. The average Bonchev–Trinajstić information content (AvgIpc) is 2.56. The predicted octanol–water partition coefficient (Wildman–Crippen LogP) is 3.13. The molecule has 1 heterocycles. The number of carbonyl (C=O) groups excluding carboxylic acids is 2. The van der Waals surface area contributed by atoms with Crippen molar-refractivity contribution in [1.82, 2.24) is 4.90 Å². The van der Waals surface area contributed by atoms with Gasteiger partial charge in [-0.15, -0.1) is 0 Å². The summed E-state index contributed by atoms with van der Waals surface area (Å²) in [7, 11) is 0. The molecule has 1 atom stereocenters. The summed E-state index contributed by atoms with van der Waals surface area (Å²) in [5, 5.41) is 20.7. The van der Waals surface area contributed by atoms with Gasteiger partial charge < -0.3 is 19.5 Å². The number of nitro benzene ring substituents is 1. The smallest absolute Gasteiger partial charge is 0.407 e. The molecule has 1 saturated heterocycles. The second-order valence-electron chi connectivity index (χ2n) is 8.64. The number of nitro groups is 1. The largest absolute Gasteiger partial charge is 0.465 e. The minimum atomic E-state index is -1.38. The monoisotopic (exact) mass is 422 g/mol. The van der Waals surface area contributed by atoms with Gasteiger partial charge in [-0.2, -0.15) is 0 Å². The van der Waals surface area contributed by atoms with Crippen LogP contribution in [0.5, 0.6) is 0 Å². The number of rotatable bonds is 6. The molecule has 0 bridgehead atoms. The molecular formula is C20H26N2O8. The molecule has 0 aliphatic carbocycles. The standard InChI is InChI=1S/C20H26N2O8/c1-19(2,3)21(18(25)26)14(10-12-6-8-13(9-7-12)22(27)28)11-15-16(23)29-20(4,5)30-17(15)24/h6-9,14-15H,10-11H2,1-5H3,(H,25,26)/t14-/m0/s1. The summed E-state index contributed by atoms with van der Waals surface area (Å²) >= 11 is 0. The lowest BCUT2D eigenvalue weighted by atomic mass is 9.90. The van der Waals surface area contributed by atoms with E-state index in [4.69, 9.17) is 9.47 Å². The molecule has 0 saturated carbocycles. The Hall–Kier alpha value is -3.17. The first kappa shape index (κ1) is 23.1. The third-order valence-electron chi connectivity index (χ3n) is 4.68. The highest BCUT2D eigenvalue weighted by Crippen LogP contribution is 2.30. The number of nitrogens with zero attached hydrogens (tertiary/aromatic N) is 2. The number of esters is 2. The summed E-state index contributed by atoms with van der Waals surface area (Å²) in [6.45, 7) is 7.97. The molecule has 1 fully saturated rings. The first-order chi connectivity index (χ1) is 13.7. The van der Waals surface area contributed by atoms with Crippen LogP contribution in [0.1, 0.15) is 46.6 Å². The molecule has 0 aromatic heterocycles. The number of amides is 1. The van der Waals surface area contributed by atoms with Crippen molar-refractivity contribution >= 4 is 23.7 Å². The molecule has 164 valence electrons. The molecule has 1 aliphatic rings. The van der Waals surface area contributed by atoms with E-state index in [0.717, 1.165) is 0 Å². The molecule has 10 heteroatoms.